The van der Waals surface area contributed by atoms with E-state index in [0.717, 1.165) is 81.9 Å². The van der Waals surface area contributed by atoms with Crippen molar-refractivity contribution in [3.05, 3.63) is 75.3 Å². The number of hydrogen-bond acceptors (Lipinski definition) is 12. The number of imide groups is 1. The second-order valence-electron chi connectivity index (χ2n) is 15.1. The molecule has 0 spiro atoms. The molecule has 1 saturated carbocycles. The summed E-state index contributed by atoms with van der Waals surface area (Å²) in [6, 6.07) is 9.18. The number of aromatic nitrogens is 4. The molecule has 3 aromatic heterocycles. The summed E-state index contributed by atoms with van der Waals surface area (Å²) in [7, 11) is 2.05. The van der Waals surface area contributed by atoms with Crippen molar-refractivity contribution in [3.8, 4) is 0 Å². The van der Waals surface area contributed by atoms with Crippen LogP contribution in [0.4, 0.5) is 23.1 Å². The van der Waals surface area contributed by atoms with Crippen LogP contribution in [0.1, 0.15) is 83.3 Å². The summed E-state index contributed by atoms with van der Waals surface area (Å²) in [4.78, 5) is 85.6. The second kappa shape index (κ2) is 14.9. The van der Waals surface area contributed by atoms with Crippen molar-refractivity contribution in [2.45, 2.75) is 71.0 Å². The van der Waals surface area contributed by atoms with E-state index in [9.17, 15) is 24.0 Å². The quantitative estimate of drug-likeness (QED) is 0.179. The van der Waals surface area contributed by atoms with Crippen LogP contribution >= 0.6 is 0 Å². The van der Waals surface area contributed by atoms with Crippen molar-refractivity contribution in [2.24, 2.45) is 0 Å². The Kier molecular flexibility index (Phi) is 9.80. The fourth-order valence-corrected chi connectivity index (χ4v) is 8.52. The topological polar surface area (TPSA) is 166 Å². The Balaban J connectivity index is 0.855. The lowest BCUT2D eigenvalue weighted by molar-refractivity contribution is -0.136. The van der Waals surface area contributed by atoms with Crippen LogP contribution in [0.2, 0.25) is 0 Å². The lowest BCUT2D eigenvalue weighted by Gasteiger charge is -2.36. The summed E-state index contributed by atoms with van der Waals surface area (Å²) < 4.78 is 1.71. The predicted octanol–water partition coefficient (Wildman–Crippen LogP) is 3.58. The Morgan fingerprint density at radius 1 is 0.982 bits per heavy atom. The molecule has 286 valence electrons. The maximum Gasteiger partial charge on any atom is 0.263 e. The van der Waals surface area contributed by atoms with Crippen LogP contribution in [0.15, 0.2) is 47.5 Å². The van der Waals surface area contributed by atoms with Crippen LogP contribution in [0.5, 0.6) is 0 Å². The first kappa shape index (κ1) is 36.3. The molecule has 4 aliphatic rings. The van der Waals surface area contributed by atoms with Gasteiger partial charge in [-0.2, -0.15) is 4.98 Å². The zero-order chi connectivity index (χ0) is 38.4. The van der Waals surface area contributed by atoms with E-state index in [4.69, 9.17) is 4.98 Å². The molecule has 3 fully saturated rings. The number of Topliss-reactive ketones (excluding diaryl/α,β-unsaturated/α-hetero) is 1. The molecule has 15 heteroatoms. The first-order valence-electron chi connectivity index (χ1n) is 19.2. The number of aryl methyl sites for hydroxylation is 1. The Morgan fingerprint density at radius 3 is 2.47 bits per heavy atom. The molecule has 2 saturated heterocycles. The van der Waals surface area contributed by atoms with Crippen molar-refractivity contribution in [1.29, 1.82) is 0 Å². The number of nitrogens with zero attached hydrogens (tertiary/aromatic N) is 8. The number of rotatable bonds is 10. The molecule has 0 bridgehead atoms. The first-order chi connectivity index (χ1) is 26.5. The van der Waals surface area contributed by atoms with Gasteiger partial charge in [0.1, 0.15) is 17.5 Å². The standard InChI is InChI=1S/C40H46N10O5/c1-24-31-22-42-40(45-36(31)50(27-6-4-5-7-27)39(55)35(24)25(2)51)43-33-12-9-29(21-41-33)48-18-16-47(17-19-48)15-14-46(3)28-8-10-30-26(20-28)23-49(38(30)54)32-11-13-34(52)44-37(32)53/h8-10,12,20-22,27,32H,4-7,11,13-19,23H2,1-3H3,(H,44,52,53)(H,41,42,43,45). The summed E-state index contributed by atoms with van der Waals surface area (Å²) in [5.41, 5.74) is 4.66. The summed E-state index contributed by atoms with van der Waals surface area (Å²) in [5, 5.41) is 6.28. The van der Waals surface area contributed by atoms with E-state index < -0.39 is 11.9 Å². The molecule has 1 aromatic carbocycles. The molecule has 3 amide bonds. The minimum absolute atomic E-state index is 0.00893. The Hall–Kier alpha value is -5.70. The second-order valence-corrected chi connectivity index (χ2v) is 15.1. The number of nitrogens with one attached hydrogen (secondary N) is 2. The molecule has 6 heterocycles. The van der Waals surface area contributed by atoms with Gasteiger partial charge in [0.2, 0.25) is 17.8 Å². The van der Waals surface area contributed by atoms with Crippen molar-refractivity contribution >= 4 is 57.7 Å². The molecular weight excluding hydrogens is 701 g/mol. The molecule has 55 heavy (non-hydrogen) atoms. The van der Waals surface area contributed by atoms with Gasteiger partial charge in [0.15, 0.2) is 5.78 Å². The minimum atomic E-state index is -0.619. The van der Waals surface area contributed by atoms with Gasteiger partial charge in [-0.25, -0.2) is 9.97 Å². The average Bonchev–Trinajstić information content (AvgIpc) is 3.82. The fraction of sp³-hybridized carbons (Fsp3) is 0.450. The number of piperidine rings is 1. The zero-order valence-corrected chi connectivity index (χ0v) is 31.5. The van der Waals surface area contributed by atoms with E-state index in [1.54, 1.807) is 22.6 Å². The zero-order valence-electron chi connectivity index (χ0n) is 31.5. The highest BCUT2D eigenvalue weighted by Gasteiger charge is 2.39. The van der Waals surface area contributed by atoms with Crippen LogP contribution in [0.25, 0.3) is 11.0 Å². The fourth-order valence-electron chi connectivity index (χ4n) is 8.52. The van der Waals surface area contributed by atoms with E-state index in [2.05, 4.69) is 42.3 Å². The number of hydrogen-bond donors (Lipinski definition) is 2. The third-order valence-electron chi connectivity index (χ3n) is 11.7. The Bertz CT molecular complexity index is 2240. The number of amides is 3. The lowest BCUT2D eigenvalue weighted by Crippen LogP contribution is -2.52. The van der Waals surface area contributed by atoms with Gasteiger partial charge >= 0.3 is 0 Å². The van der Waals surface area contributed by atoms with E-state index >= 15 is 0 Å². The monoisotopic (exact) mass is 746 g/mol. The highest BCUT2D eigenvalue weighted by molar-refractivity contribution is 6.05. The van der Waals surface area contributed by atoms with Crippen LogP contribution in [-0.2, 0) is 16.1 Å². The maximum atomic E-state index is 13.6. The average molecular weight is 747 g/mol. The van der Waals surface area contributed by atoms with Crippen LogP contribution in [0.3, 0.4) is 0 Å². The van der Waals surface area contributed by atoms with Gasteiger partial charge in [0.05, 0.1) is 17.4 Å². The van der Waals surface area contributed by atoms with E-state index in [0.29, 0.717) is 46.9 Å². The van der Waals surface area contributed by atoms with Crippen molar-refractivity contribution in [1.82, 2.24) is 34.6 Å². The van der Waals surface area contributed by atoms with E-state index in [1.165, 1.54) is 6.92 Å². The van der Waals surface area contributed by atoms with Crippen molar-refractivity contribution in [3.63, 3.8) is 0 Å². The summed E-state index contributed by atoms with van der Waals surface area (Å²) >= 11 is 0. The van der Waals surface area contributed by atoms with Crippen molar-refractivity contribution in [2.75, 3.05) is 61.4 Å². The summed E-state index contributed by atoms with van der Waals surface area (Å²) in [5.74, 6) is -0.161. The van der Waals surface area contributed by atoms with Gasteiger partial charge in [-0.15, -0.1) is 0 Å². The lowest BCUT2D eigenvalue weighted by atomic mass is 10.0. The number of fused-ring (bicyclic) bond motifs is 2. The molecule has 1 atom stereocenters. The molecule has 2 N–H and O–H groups in total. The van der Waals surface area contributed by atoms with Crippen LogP contribution in [0, 0.1) is 6.92 Å². The number of carbonyl (C=O) groups excluding carboxylic acids is 4. The first-order valence-corrected chi connectivity index (χ1v) is 19.2. The number of anilines is 4. The molecule has 8 rings (SSSR count). The summed E-state index contributed by atoms with van der Waals surface area (Å²) in [6.45, 7) is 8.84. The summed E-state index contributed by atoms with van der Waals surface area (Å²) in [6.07, 6.45) is 7.97. The number of ketones is 1. The molecule has 1 unspecified atom stereocenters. The molecular formula is C40H46N10O5. The number of likely N-dealkylation sites (N-methyl/N-ethyl adjacent to an activating group) is 1. The number of pyridine rings is 2. The predicted molar refractivity (Wildman–Crippen MR) is 208 cm³/mol. The normalized spacial score (nSPS) is 19.3. The van der Waals surface area contributed by atoms with E-state index in [-0.39, 0.29) is 41.2 Å². The Labute approximate surface area is 318 Å². The maximum absolute atomic E-state index is 13.6. The van der Waals surface area contributed by atoms with Gasteiger partial charge in [0.25, 0.3) is 11.5 Å². The molecule has 0 radical (unpaired) electrons. The highest BCUT2D eigenvalue weighted by Crippen LogP contribution is 2.33. The largest absolute Gasteiger partial charge is 0.373 e. The molecule has 3 aliphatic heterocycles. The Morgan fingerprint density at radius 2 is 1.76 bits per heavy atom. The van der Waals surface area contributed by atoms with Crippen LogP contribution in [-0.4, -0.2) is 105 Å². The third-order valence-corrected chi connectivity index (χ3v) is 11.7. The third kappa shape index (κ3) is 7.04. The van der Waals surface area contributed by atoms with Gasteiger partial charge in [-0.3, -0.25) is 38.8 Å². The number of carbonyl (C=O) groups is 4. The highest BCUT2D eigenvalue weighted by atomic mass is 16.2. The van der Waals surface area contributed by atoms with E-state index in [1.807, 2.05) is 36.5 Å². The van der Waals surface area contributed by atoms with Crippen LogP contribution < -0.4 is 26.0 Å². The van der Waals surface area contributed by atoms with Gasteiger partial charge in [0, 0.05) is 88.2 Å². The van der Waals surface area contributed by atoms with Crippen molar-refractivity contribution < 1.29 is 19.2 Å². The number of benzene rings is 1. The van der Waals surface area contributed by atoms with Gasteiger partial charge in [-0.05, 0) is 74.6 Å². The van der Waals surface area contributed by atoms with Gasteiger partial charge in [-0.1, -0.05) is 12.8 Å². The molecule has 1 aliphatic carbocycles. The number of piperazine rings is 1. The van der Waals surface area contributed by atoms with Gasteiger partial charge < -0.3 is 20.0 Å². The molecule has 4 aromatic rings. The minimum Gasteiger partial charge on any atom is -0.373 e. The smallest absolute Gasteiger partial charge is 0.263 e. The SMILES string of the molecule is CC(=O)c1c(C)c2cnc(Nc3ccc(N4CCN(CCN(C)c5ccc6c(c5)CN(C5CCC(=O)NC5=O)C6=O)CC4)cn3)nc2n(C2CCCC2)c1=O. The molecule has 15 nitrogen and oxygen atoms in total.